The molecule has 0 unspecified atom stereocenters. The molecule has 68 heavy (non-hydrogen) atoms. The molecule has 0 saturated carbocycles. The van der Waals surface area contributed by atoms with Gasteiger partial charge in [0.25, 0.3) is 0 Å². The van der Waals surface area contributed by atoms with Crippen LogP contribution in [-0.4, -0.2) is 19.9 Å². The Morgan fingerprint density at radius 1 is 0.529 bits per heavy atom. The largest absolute Gasteiger partial charge is 0.487 e. The molecule has 0 aliphatic heterocycles. The Labute approximate surface area is 401 Å². The third-order valence-electron chi connectivity index (χ3n) is 10.9. The second-order valence-corrected chi connectivity index (χ2v) is 16.6. The lowest BCUT2D eigenvalue weighted by Gasteiger charge is -2.12. The number of nitrogens with zero attached hydrogens (tertiary/aromatic N) is 4. The number of rotatable bonds is 13. The van der Waals surface area contributed by atoms with Crippen molar-refractivity contribution in [2.45, 2.75) is 33.5 Å². The van der Waals surface area contributed by atoms with Gasteiger partial charge in [0.05, 0.1) is 21.1 Å². The summed E-state index contributed by atoms with van der Waals surface area (Å²) in [5, 5.41) is 9.31. The molecule has 10 rings (SSSR count). The average molecular weight is 944 g/mol. The lowest BCUT2D eigenvalue weighted by molar-refractivity contribution is 0.306. The SMILES string of the molecule is CCc1ccc(-c2ccc3ncnc(Nc4ccc(OCc5cccc(F)c5)c(Cl)c4)c3c2)o1.Cc1ccc(-c2ccc3ncnc(Nc4ccc(OCc5cccc(F)c5)c(Cl)c4)c3c2)cc1. The van der Waals surface area contributed by atoms with Crippen molar-refractivity contribution in [2.24, 2.45) is 0 Å². The number of hydrogen-bond acceptors (Lipinski definition) is 9. The molecule has 0 fully saturated rings. The van der Waals surface area contributed by atoms with Gasteiger partial charge in [-0.25, -0.2) is 28.7 Å². The number of nitrogens with one attached hydrogen (secondary N) is 2. The molecular formula is C55H42Cl2F2N6O3. The molecule has 10 aromatic rings. The molecule has 338 valence electrons. The lowest BCUT2D eigenvalue weighted by Crippen LogP contribution is -1.99. The number of halogens is 4. The Hall–Kier alpha value is -7.86. The Morgan fingerprint density at radius 2 is 1.04 bits per heavy atom. The molecule has 0 bridgehead atoms. The maximum Gasteiger partial charge on any atom is 0.141 e. The number of hydrogen-bond donors (Lipinski definition) is 2. The van der Waals surface area contributed by atoms with Gasteiger partial charge >= 0.3 is 0 Å². The second-order valence-electron chi connectivity index (χ2n) is 15.8. The van der Waals surface area contributed by atoms with Gasteiger partial charge in [-0.3, -0.25) is 0 Å². The fourth-order valence-corrected chi connectivity index (χ4v) is 7.83. The van der Waals surface area contributed by atoms with Gasteiger partial charge in [0.1, 0.15) is 72.2 Å². The van der Waals surface area contributed by atoms with Crippen LogP contribution in [0, 0.1) is 18.6 Å². The summed E-state index contributed by atoms with van der Waals surface area (Å²) in [4.78, 5) is 17.7. The van der Waals surface area contributed by atoms with Crippen molar-refractivity contribution >= 4 is 68.0 Å². The van der Waals surface area contributed by atoms with E-state index < -0.39 is 0 Å². The van der Waals surface area contributed by atoms with Crippen LogP contribution >= 0.6 is 23.2 Å². The Kier molecular flexibility index (Phi) is 13.8. The van der Waals surface area contributed by atoms with E-state index in [0.717, 1.165) is 78.9 Å². The fourth-order valence-electron chi connectivity index (χ4n) is 7.35. The quantitative estimate of drug-likeness (QED) is 0.117. The summed E-state index contributed by atoms with van der Waals surface area (Å²) in [6.07, 6.45) is 3.89. The third kappa shape index (κ3) is 11.0. The normalized spacial score (nSPS) is 11.0. The van der Waals surface area contributed by atoms with Crippen molar-refractivity contribution in [1.29, 1.82) is 0 Å². The van der Waals surface area contributed by atoms with E-state index in [1.165, 1.54) is 42.5 Å². The molecule has 0 aliphatic rings. The summed E-state index contributed by atoms with van der Waals surface area (Å²) in [6.45, 7) is 4.57. The minimum absolute atomic E-state index is 0.218. The molecule has 2 N–H and O–H groups in total. The zero-order valence-electron chi connectivity index (χ0n) is 36.8. The molecule has 7 aromatic carbocycles. The highest BCUT2D eigenvalue weighted by molar-refractivity contribution is 6.32. The van der Waals surface area contributed by atoms with E-state index in [4.69, 9.17) is 37.1 Å². The van der Waals surface area contributed by atoms with Crippen molar-refractivity contribution in [3.05, 3.63) is 215 Å². The van der Waals surface area contributed by atoms with Gasteiger partial charge in [-0.1, -0.05) is 90.3 Å². The predicted molar refractivity (Wildman–Crippen MR) is 267 cm³/mol. The van der Waals surface area contributed by atoms with Crippen LogP contribution in [-0.2, 0) is 19.6 Å². The summed E-state index contributed by atoms with van der Waals surface area (Å²) >= 11 is 12.9. The zero-order chi connectivity index (χ0) is 47.0. The van der Waals surface area contributed by atoms with E-state index in [-0.39, 0.29) is 24.8 Å². The van der Waals surface area contributed by atoms with Crippen LogP contribution < -0.4 is 20.1 Å². The molecule has 0 radical (unpaired) electrons. The lowest BCUT2D eigenvalue weighted by atomic mass is 10.0. The number of furan rings is 1. The van der Waals surface area contributed by atoms with E-state index in [9.17, 15) is 8.78 Å². The predicted octanol–water partition coefficient (Wildman–Crippen LogP) is 15.3. The van der Waals surface area contributed by atoms with Crippen LogP contribution in [0.1, 0.15) is 29.4 Å². The zero-order valence-corrected chi connectivity index (χ0v) is 38.3. The van der Waals surface area contributed by atoms with Gasteiger partial charge in [-0.15, -0.1) is 0 Å². The molecule has 9 nitrogen and oxygen atoms in total. The summed E-state index contributed by atoms with van der Waals surface area (Å²) < 4.78 is 44.2. The molecule has 3 aromatic heterocycles. The van der Waals surface area contributed by atoms with E-state index in [1.807, 2.05) is 48.5 Å². The molecular weight excluding hydrogens is 902 g/mol. The Morgan fingerprint density at radius 3 is 1.54 bits per heavy atom. The van der Waals surface area contributed by atoms with Crippen LogP contribution in [0.3, 0.4) is 0 Å². The van der Waals surface area contributed by atoms with Gasteiger partial charge in [-0.05, 0) is 132 Å². The van der Waals surface area contributed by atoms with Crippen LogP contribution in [0.4, 0.5) is 31.8 Å². The highest BCUT2D eigenvalue weighted by Gasteiger charge is 2.13. The summed E-state index contributed by atoms with van der Waals surface area (Å²) in [5.41, 5.74) is 9.01. The van der Waals surface area contributed by atoms with Gasteiger partial charge in [-0.2, -0.15) is 0 Å². The maximum absolute atomic E-state index is 13.4. The minimum Gasteiger partial charge on any atom is -0.487 e. The van der Waals surface area contributed by atoms with Crippen molar-refractivity contribution < 1.29 is 22.7 Å². The highest BCUT2D eigenvalue weighted by Crippen LogP contribution is 2.35. The molecule has 13 heteroatoms. The molecule has 0 spiro atoms. The number of benzene rings is 7. The number of aromatic nitrogens is 4. The number of anilines is 4. The third-order valence-corrected chi connectivity index (χ3v) is 11.5. The number of ether oxygens (including phenoxy) is 2. The summed E-state index contributed by atoms with van der Waals surface area (Å²) in [6, 6.07) is 47.8. The van der Waals surface area contributed by atoms with Gasteiger partial charge in [0.2, 0.25) is 0 Å². The second kappa shape index (κ2) is 20.8. The Bertz CT molecular complexity index is 3390. The van der Waals surface area contributed by atoms with Gasteiger partial charge in [0, 0.05) is 34.1 Å². The first-order chi connectivity index (χ1) is 33.1. The van der Waals surface area contributed by atoms with E-state index >= 15 is 0 Å². The minimum atomic E-state index is -0.301. The monoisotopic (exact) mass is 942 g/mol. The summed E-state index contributed by atoms with van der Waals surface area (Å²) in [7, 11) is 0. The molecule has 0 atom stereocenters. The molecule has 0 aliphatic carbocycles. The smallest absolute Gasteiger partial charge is 0.141 e. The molecule has 3 heterocycles. The first-order valence-corrected chi connectivity index (χ1v) is 22.4. The maximum atomic E-state index is 13.4. The standard InChI is InChI=1S/C28H21ClFN3O.C27H21ClFN3O2/c1-18-5-7-20(8-6-18)21-9-11-26-24(14-21)28(32-17-31-26)33-23-10-12-27(25(29)15-23)34-16-19-3-2-4-22(30)13-19;1-2-21-8-11-25(34-21)18-6-9-24-22(13-18)27(31-16-30-24)32-20-7-10-26(23(28)14-20)33-15-17-4-3-5-19(29)12-17/h2-15,17H,16H2,1H3,(H,31,32,33);3-14,16H,2,15H2,1H3,(H,30,31,32). The molecule has 0 saturated heterocycles. The van der Waals surface area contributed by atoms with E-state index in [1.54, 1.807) is 48.5 Å². The van der Waals surface area contributed by atoms with Crippen LogP contribution in [0.2, 0.25) is 10.0 Å². The first-order valence-electron chi connectivity index (χ1n) is 21.7. The highest BCUT2D eigenvalue weighted by atomic mass is 35.5. The summed E-state index contributed by atoms with van der Waals surface area (Å²) in [5.74, 6) is 3.51. The number of aryl methyl sites for hydroxylation is 2. The van der Waals surface area contributed by atoms with E-state index in [2.05, 4.69) is 80.8 Å². The van der Waals surface area contributed by atoms with Crippen molar-refractivity contribution in [2.75, 3.05) is 10.6 Å². The van der Waals surface area contributed by atoms with Gasteiger partial charge in [0.15, 0.2) is 0 Å². The number of fused-ring (bicyclic) bond motifs is 2. The Balaban J connectivity index is 0.000000170. The van der Waals surface area contributed by atoms with Crippen LogP contribution in [0.25, 0.3) is 44.3 Å². The van der Waals surface area contributed by atoms with Crippen molar-refractivity contribution in [3.8, 4) is 33.9 Å². The van der Waals surface area contributed by atoms with E-state index in [0.29, 0.717) is 33.2 Å². The van der Waals surface area contributed by atoms with Crippen LogP contribution in [0.15, 0.2) is 175 Å². The first kappa shape index (κ1) is 45.3. The van der Waals surface area contributed by atoms with Crippen molar-refractivity contribution in [1.82, 2.24) is 19.9 Å². The average Bonchev–Trinajstić information content (AvgIpc) is 3.84. The fraction of sp³-hybridized carbons (Fsp3) is 0.0909. The van der Waals surface area contributed by atoms with Crippen molar-refractivity contribution in [3.63, 3.8) is 0 Å². The van der Waals surface area contributed by atoms with Gasteiger partial charge < -0.3 is 24.5 Å². The molecule has 0 amide bonds. The van der Waals surface area contributed by atoms with Crippen LogP contribution in [0.5, 0.6) is 11.5 Å². The topological polar surface area (TPSA) is 107 Å².